The van der Waals surface area contributed by atoms with Crippen molar-refractivity contribution in [3.05, 3.63) is 69.2 Å². The van der Waals surface area contributed by atoms with Crippen LogP contribution in [0.1, 0.15) is 22.7 Å². The molecule has 94 valence electrons. The number of hydrogen-bond donors (Lipinski definition) is 1. The van der Waals surface area contributed by atoms with Gasteiger partial charge in [-0.25, -0.2) is 0 Å². The van der Waals surface area contributed by atoms with Crippen molar-refractivity contribution in [2.75, 3.05) is 0 Å². The van der Waals surface area contributed by atoms with Gasteiger partial charge in [0.1, 0.15) is 0 Å². The molecule has 0 amide bonds. The Kier molecular flexibility index (Phi) is 4.28. The SMILES string of the molecule is Cc1ccccc1C(N)Cc1c(Cl)cccc1Cl. The summed E-state index contributed by atoms with van der Waals surface area (Å²) >= 11 is 12.3. The van der Waals surface area contributed by atoms with Gasteiger partial charge in [-0.15, -0.1) is 0 Å². The highest BCUT2D eigenvalue weighted by Crippen LogP contribution is 2.29. The maximum atomic E-state index is 6.25. The summed E-state index contributed by atoms with van der Waals surface area (Å²) in [6.45, 7) is 2.06. The van der Waals surface area contributed by atoms with Gasteiger partial charge in [-0.05, 0) is 42.2 Å². The van der Waals surface area contributed by atoms with Crippen molar-refractivity contribution < 1.29 is 0 Å². The summed E-state index contributed by atoms with van der Waals surface area (Å²) in [4.78, 5) is 0. The van der Waals surface area contributed by atoms with Crippen molar-refractivity contribution >= 4 is 23.2 Å². The summed E-state index contributed by atoms with van der Waals surface area (Å²) in [5.74, 6) is 0. The molecule has 0 aliphatic carbocycles. The molecule has 0 aromatic heterocycles. The summed E-state index contributed by atoms with van der Waals surface area (Å²) in [7, 11) is 0. The quantitative estimate of drug-likeness (QED) is 0.877. The molecule has 0 aliphatic heterocycles. The zero-order valence-corrected chi connectivity index (χ0v) is 11.7. The van der Waals surface area contributed by atoms with Gasteiger partial charge in [0.05, 0.1) is 0 Å². The first-order chi connectivity index (χ1) is 8.59. The highest BCUT2D eigenvalue weighted by atomic mass is 35.5. The van der Waals surface area contributed by atoms with Gasteiger partial charge in [-0.3, -0.25) is 0 Å². The number of nitrogens with two attached hydrogens (primary N) is 1. The Bertz CT molecular complexity index is 532. The van der Waals surface area contributed by atoms with Crippen LogP contribution in [0.2, 0.25) is 10.0 Å². The average molecular weight is 280 g/mol. The summed E-state index contributed by atoms with van der Waals surface area (Å²) in [6, 6.07) is 13.5. The van der Waals surface area contributed by atoms with Gasteiger partial charge in [-0.1, -0.05) is 53.5 Å². The standard InChI is InChI=1S/C15H15Cl2N/c1-10-5-2-3-6-11(10)15(18)9-12-13(16)7-4-8-14(12)17/h2-8,15H,9,18H2,1H3. The Morgan fingerprint density at radius 1 is 1.00 bits per heavy atom. The van der Waals surface area contributed by atoms with E-state index < -0.39 is 0 Å². The predicted octanol–water partition coefficient (Wildman–Crippen LogP) is 4.54. The van der Waals surface area contributed by atoms with Crippen molar-refractivity contribution in [1.82, 2.24) is 0 Å². The number of rotatable bonds is 3. The van der Waals surface area contributed by atoms with Gasteiger partial charge >= 0.3 is 0 Å². The van der Waals surface area contributed by atoms with Crippen LogP contribution in [-0.4, -0.2) is 0 Å². The second kappa shape index (κ2) is 5.75. The third-order valence-electron chi connectivity index (χ3n) is 3.07. The van der Waals surface area contributed by atoms with E-state index in [0.717, 1.165) is 11.1 Å². The minimum absolute atomic E-state index is 0.0939. The van der Waals surface area contributed by atoms with E-state index in [1.807, 2.05) is 36.4 Å². The van der Waals surface area contributed by atoms with Gasteiger partial charge < -0.3 is 5.73 Å². The van der Waals surface area contributed by atoms with E-state index in [1.54, 1.807) is 0 Å². The molecule has 0 heterocycles. The predicted molar refractivity (Wildman–Crippen MR) is 78.3 cm³/mol. The van der Waals surface area contributed by atoms with Crippen LogP contribution in [0.4, 0.5) is 0 Å². The first kappa shape index (κ1) is 13.4. The number of hydrogen-bond acceptors (Lipinski definition) is 1. The minimum Gasteiger partial charge on any atom is -0.324 e. The Labute approximate surface area is 118 Å². The second-order valence-electron chi connectivity index (χ2n) is 4.37. The van der Waals surface area contributed by atoms with E-state index >= 15 is 0 Å². The van der Waals surface area contributed by atoms with Crippen LogP contribution in [-0.2, 0) is 6.42 Å². The van der Waals surface area contributed by atoms with E-state index in [0.29, 0.717) is 16.5 Å². The normalized spacial score (nSPS) is 12.4. The molecule has 0 radical (unpaired) electrons. The molecule has 2 N–H and O–H groups in total. The van der Waals surface area contributed by atoms with Crippen LogP contribution < -0.4 is 5.73 Å². The lowest BCUT2D eigenvalue weighted by Gasteiger charge is -2.16. The monoisotopic (exact) mass is 279 g/mol. The first-order valence-corrected chi connectivity index (χ1v) is 6.59. The summed E-state index contributed by atoms with van der Waals surface area (Å²) in [5, 5.41) is 1.35. The Morgan fingerprint density at radius 3 is 2.22 bits per heavy atom. The van der Waals surface area contributed by atoms with Crippen LogP contribution in [0.15, 0.2) is 42.5 Å². The molecule has 1 unspecified atom stereocenters. The lowest BCUT2D eigenvalue weighted by Crippen LogP contribution is -2.15. The molecule has 0 bridgehead atoms. The molecule has 1 atom stereocenters. The summed E-state index contributed by atoms with van der Waals surface area (Å²) < 4.78 is 0. The van der Waals surface area contributed by atoms with Gasteiger partial charge in [0, 0.05) is 16.1 Å². The average Bonchev–Trinajstić information content (AvgIpc) is 2.34. The molecule has 2 aromatic carbocycles. The van der Waals surface area contributed by atoms with Crippen molar-refractivity contribution in [1.29, 1.82) is 0 Å². The largest absolute Gasteiger partial charge is 0.324 e. The van der Waals surface area contributed by atoms with Crippen LogP contribution in [0, 0.1) is 6.92 Å². The zero-order chi connectivity index (χ0) is 13.1. The molecule has 0 saturated carbocycles. The van der Waals surface area contributed by atoms with E-state index in [4.69, 9.17) is 28.9 Å². The highest BCUT2D eigenvalue weighted by Gasteiger charge is 2.13. The van der Waals surface area contributed by atoms with E-state index in [-0.39, 0.29) is 6.04 Å². The summed E-state index contributed by atoms with van der Waals surface area (Å²) in [5.41, 5.74) is 9.48. The molecule has 0 fully saturated rings. The Hall–Kier alpha value is -1.02. The third-order valence-corrected chi connectivity index (χ3v) is 3.78. The fourth-order valence-corrected chi connectivity index (χ4v) is 2.61. The van der Waals surface area contributed by atoms with Crippen LogP contribution in [0.3, 0.4) is 0 Å². The lowest BCUT2D eigenvalue weighted by molar-refractivity contribution is 0.717. The van der Waals surface area contributed by atoms with Crippen LogP contribution >= 0.6 is 23.2 Å². The zero-order valence-electron chi connectivity index (χ0n) is 10.2. The third kappa shape index (κ3) is 2.86. The fraction of sp³-hybridized carbons (Fsp3) is 0.200. The molecule has 0 spiro atoms. The van der Waals surface area contributed by atoms with E-state index in [1.165, 1.54) is 5.56 Å². The van der Waals surface area contributed by atoms with Gasteiger partial charge in [0.25, 0.3) is 0 Å². The number of aryl methyl sites for hydroxylation is 1. The Morgan fingerprint density at radius 2 is 1.61 bits per heavy atom. The molecular formula is C15H15Cl2N. The van der Waals surface area contributed by atoms with Crippen molar-refractivity contribution in [2.24, 2.45) is 5.73 Å². The minimum atomic E-state index is -0.0939. The second-order valence-corrected chi connectivity index (χ2v) is 5.18. The van der Waals surface area contributed by atoms with Crippen LogP contribution in [0.25, 0.3) is 0 Å². The molecule has 2 aromatic rings. The topological polar surface area (TPSA) is 26.0 Å². The van der Waals surface area contributed by atoms with E-state index in [9.17, 15) is 0 Å². The molecule has 1 nitrogen and oxygen atoms in total. The summed E-state index contributed by atoms with van der Waals surface area (Å²) in [6.07, 6.45) is 0.642. The van der Waals surface area contributed by atoms with Gasteiger partial charge in [0.15, 0.2) is 0 Å². The number of benzene rings is 2. The van der Waals surface area contributed by atoms with E-state index in [2.05, 4.69) is 13.0 Å². The molecule has 18 heavy (non-hydrogen) atoms. The van der Waals surface area contributed by atoms with Gasteiger partial charge in [0.2, 0.25) is 0 Å². The van der Waals surface area contributed by atoms with Crippen molar-refractivity contribution in [3.63, 3.8) is 0 Å². The van der Waals surface area contributed by atoms with Crippen molar-refractivity contribution in [3.8, 4) is 0 Å². The number of halogens is 2. The molecule has 3 heteroatoms. The first-order valence-electron chi connectivity index (χ1n) is 5.83. The van der Waals surface area contributed by atoms with Crippen molar-refractivity contribution in [2.45, 2.75) is 19.4 Å². The Balaban J connectivity index is 2.27. The lowest BCUT2D eigenvalue weighted by atomic mass is 9.96. The smallest absolute Gasteiger partial charge is 0.0453 e. The molecule has 0 saturated heterocycles. The maximum Gasteiger partial charge on any atom is 0.0453 e. The highest BCUT2D eigenvalue weighted by molar-refractivity contribution is 6.36. The molecular weight excluding hydrogens is 265 g/mol. The maximum absolute atomic E-state index is 6.25. The molecule has 2 rings (SSSR count). The fourth-order valence-electron chi connectivity index (χ4n) is 2.06. The molecule has 0 aliphatic rings. The van der Waals surface area contributed by atoms with Crippen LogP contribution in [0.5, 0.6) is 0 Å². The van der Waals surface area contributed by atoms with Gasteiger partial charge in [-0.2, -0.15) is 0 Å².